The highest BCUT2D eigenvalue weighted by Crippen LogP contribution is 2.34. The van der Waals surface area contributed by atoms with E-state index in [4.69, 9.17) is 23.7 Å². The Hall–Kier alpha value is -3.81. The molecule has 2 aliphatic heterocycles. The number of hydrogen-bond donors (Lipinski definition) is 0. The van der Waals surface area contributed by atoms with Crippen molar-refractivity contribution in [3.63, 3.8) is 0 Å². The molecule has 0 aliphatic carbocycles. The molecule has 0 saturated heterocycles. The summed E-state index contributed by atoms with van der Waals surface area (Å²) in [5.74, 6) is 1.06. The van der Waals surface area contributed by atoms with Gasteiger partial charge in [-0.15, -0.1) is 0 Å². The van der Waals surface area contributed by atoms with Crippen molar-refractivity contribution in [3.8, 4) is 23.0 Å². The predicted octanol–water partition coefficient (Wildman–Crippen LogP) is 3.08. The third-order valence-electron chi connectivity index (χ3n) is 4.06. The van der Waals surface area contributed by atoms with E-state index in [2.05, 4.69) is 4.99 Å². The molecule has 0 aromatic heterocycles. The molecule has 2 heterocycles. The summed E-state index contributed by atoms with van der Waals surface area (Å²) in [7, 11) is 0. The van der Waals surface area contributed by atoms with E-state index in [-0.39, 0.29) is 18.4 Å². The maximum absolute atomic E-state index is 12.3. The fraction of sp³-hybridized carbons (Fsp3) is 0.190. The molecule has 29 heavy (non-hydrogen) atoms. The zero-order chi connectivity index (χ0) is 20.4. The van der Waals surface area contributed by atoms with Crippen LogP contribution in [0, 0.1) is 0 Å². The van der Waals surface area contributed by atoms with E-state index in [1.54, 1.807) is 42.5 Å². The Balaban J connectivity index is 1.63. The van der Waals surface area contributed by atoms with Crippen molar-refractivity contribution >= 4 is 23.9 Å². The molecule has 0 amide bonds. The number of cyclic esters (lactones) is 1. The van der Waals surface area contributed by atoms with Crippen LogP contribution in [0.1, 0.15) is 25.0 Å². The third-order valence-corrected chi connectivity index (χ3v) is 4.06. The Kier molecular flexibility index (Phi) is 4.90. The van der Waals surface area contributed by atoms with E-state index in [1.807, 2.05) is 6.92 Å². The van der Waals surface area contributed by atoms with Crippen molar-refractivity contribution in [2.75, 3.05) is 13.4 Å². The van der Waals surface area contributed by atoms with Gasteiger partial charge in [-0.25, -0.2) is 9.79 Å². The van der Waals surface area contributed by atoms with Crippen LogP contribution in [0.3, 0.4) is 0 Å². The number of esters is 2. The Bertz CT molecular complexity index is 1050. The average molecular weight is 395 g/mol. The number of nitrogens with zero attached hydrogens (tertiary/aromatic N) is 1. The molecule has 2 aliphatic rings. The van der Waals surface area contributed by atoms with Crippen molar-refractivity contribution in [1.29, 1.82) is 0 Å². The molecule has 2 aromatic rings. The van der Waals surface area contributed by atoms with Crippen LogP contribution in [-0.4, -0.2) is 31.2 Å². The number of aliphatic imine (C=N–C) groups is 1. The smallest absolute Gasteiger partial charge is 0.363 e. The maximum Gasteiger partial charge on any atom is 0.363 e. The lowest BCUT2D eigenvalue weighted by molar-refractivity contribution is -0.132. The molecule has 8 nitrogen and oxygen atoms in total. The third kappa shape index (κ3) is 3.91. The molecular formula is C21H17NO7. The highest BCUT2D eigenvalue weighted by molar-refractivity contribution is 6.13. The van der Waals surface area contributed by atoms with Gasteiger partial charge in [-0.1, -0.05) is 6.07 Å². The largest absolute Gasteiger partial charge is 0.490 e. The van der Waals surface area contributed by atoms with Gasteiger partial charge in [0.05, 0.1) is 6.61 Å². The van der Waals surface area contributed by atoms with E-state index in [0.717, 1.165) is 0 Å². The fourth-order valence-electron chi connectivity index (χ4n) is 2.84. The maximum atomic E-state index is 12.3. The molecule has 0 atom stereocenters. The van der Waals surface area contributed by atoms with Crippen LogP contribution in [0.2, 0.25) is 0 Å². The van der Waals surface area contributed by atoms with E-state index >= 15 is 0 Å². The van der Waals surface area contributed by atoms with E-state index in [9.17, 15) is 9.59 Å². The second-order valence-electron chi connectivity index (χ2n) is 6.14. The molecule has 4 rings (SSSR count). The van der Waals surface area contributed by atoms with Crippen LogP contribution in [-0.2, 0) is 14.3 Å². The number of rotatable bonds is 5. The standard InChI is InChI=1S/C21H17NO7/c1-3-25-18-9-13(4-6-17(18)28-12(2)23)8-15-21(24)29-20(22-15)14-5-7-16-19(10-14)27-11-26-16/h4-10H,3,11H2,1-2H3/b15-8+. The van der Waals surface area contributed by atoms with E-state index in [0.29, 0.717) is 40.7 Å². The molecule has 8 heteroatoms. The molecule has 148 valence electrons. The van der Waals surface area contributed by atoms with Crippen LogP contribution < -0.4 is 18.9 Å². The van der Waals surface area contributed by atoms with Gasteiger partial charge in [-0.3, -0.25) is 4.79 Å². The number of hydrogen-bond acceptors (Lipinski definition) is 8. The first kappa shape index (κ1) is 18.5. The first-order valence-corrected chi connectivity index (χ1v) is 8.91. The minimum atomic E-state index is -0.570. The van der Waals surface area contributed by atoms with Crippen molar-refractivity contribution in [2.45, 2.75) is 13.8 Å². The Morgan fingerprint density at radius 1 is 1.14 bits per heavy atom. The normalized spacial score (nSPS) is 15.9. The molecule has 0 radical (unpaired) electrons. The zero-order valence-electron chi connectivity index (χ0n) is 15.8. The van der Waals surface area contributed by atoms with Crippen LogP contribution in [0.4, 0.5) is 0 Å². The Morgan fingerprint density at radius 2 is 1.97 bits per heavy atom. The highest BCUT2D eigenvalue weighted by Gasteiger charge is 2.26. The van der Waals surface area contributed by atoms with Crippen LogP contribution in [0.15, 0.2) is 47.1 Å². The van der Waals surface area contributed by atoms with Crippen molar-refractivity contribution in [3.05, 3.63) is 53.2 Å². The van der Waals surface area contributed by atoms with Crippen LogP contribution in [0.25, 0.3) is 6.08 Å². The SMILES string of the molecule is CCOc1cc(/C=C2/N=C(c3ccc4c(c3)OCO4)OC2=O)ccc1OC(C)=O. The number of benzene rings is 2. The second kappa shape index (κ2) is 7.67. The summed E-state index contributed by atoms with van der Waals surface area (Å²) in [4.78, 5) is 27.8. The summed E-state index contributed by atoms with van der Waals surface area (Å²) in [5, 5.41) is 0. The van der Waals surface area contributed by atoms with Gasteiger partial charge in [0.2, 0.25) is 12.7 Å². The van der Waals surface area contributed by atoms with Crippen molar-refractivity contribution < 1.29 is 33.3 Å². The van der Waals surface area contributed by atoms with Crippen LogP contribution >= 0.6 is 0 Å². The molecule has 0 fully saturated rings. The van der Waals surface area contributed by atoms with Gasteiger partial charge in [0.25, 0.3) is 0 Å². The first-order chi connectivity index (χ1) is 14.0. The van der Waals surface area contributed by atoms with Crippen LogP contribution in [0.5, 0.6) is 23.0 Å². The highest BCUT2D eigenvalue weighted by atomic mass is 16.7. The van der Waals surface area contributed by atoms with Gasteiger partial charge in [0.15, 0.2) is 28.7 Å². The monoisotopic (exact) mass is 395 g/mol. The quantitative estimate of drug-likeness (QED) is 0.436. The number of carbonyl (C=O) groups excluding carboxylic acids is 2. The number of ether oxygens (including phenoxy) is 5. The molecular weight excluding hydrogens is 378 g/mol. The average Bonchev–Trinajstić information content (AvgIpc) is 3.30. The molecule has 0 unspecified atom stereocenters. The fourth-order valence-corrected chi connectivity index (χ4v) is 2.84. The summed E-state index contributed by atoms with van der Waals surface area (Å²) in [6, 6.07) is 10.1. The predicted molar refractivity (Wildman–Crippen MR) is 102 cm³/mol. The van der Waals surface area contributed by atoms with Gasteiger partial charge in [-0.2, -0.15) is 0 Å². The summed E-state index contributed by atoms with van der Waals surface area (Å²) < 4.78 is 26.6. The van der Waals surface area contributed by atoms with Gasteiger partial charge >= 0.3 is 11.9 Å². The summed E-state index contributed by atoms with van der Waals surface area (Å²) in [6.07, 6.45) is 1.57. The second-order valence-corrected chi connectivity index (χ2v) is 6.14. The Morgan fingerprint density at radius 3 is 2.76 bits per heavy atom. The Labute approximate surface area is 166 Å². The van der Waals surface area contributed by atoms with Gasteiger partial charge in [-0.05, 0) is 48.9 Å². The zero-order valence-corrected chi connectivity index (χ0v) is 15.8. The number of fused-ring (bicyclic) bond motifs is 1. The van der Waals surface area contributed by atoms with Crippen molar-refractivity contribution in [1.82, 2.24) is 0 Å². The molecule has 2 aromatic carbocycles. The lowest BCUT2D eigenvalue weighted by Crippen LogP contribution is -2.05. The summed E-state index contributed by atoms with van der Waals surface area (Å²) in [6.45, 7) is 3.68. The van der Waals surface area contributed by atoms with Crippen molar-refractivity contribution in [2.24, 2.45) is 4.99 Å². The van der Waals surface area contributed by atoms with Gasteiger partial charge < -0.3 is 23.7 Å². The molecule has 0 spiro atoms. The lowest BCUT2D eigenvalue weighted by atomic mass is 10.1. The summed E-state index contributed by atoms with van der Waals surface area (Å²) in [5.41, 5.74) is 1.39. The lowest BCUT2D eigenvalue weighted by Gasteiger charge is -2.10. The summed E-state index contributed by atoms with van der Waals surface area (Å²) >= 11 is 0. The number of carbonyl (C=O) groups is 2. The molecule has 0 N–H and O–H groups in total. The topological polar surface area (TPSA) is 92.7 Å². The molecule has 0 bridgehead atoms. The first-order valence-electron chi connectivity index (χ1n) is 8.91. The van der Waals surface area contributed by atoms with E-state index < -0.39 is 11.9 Å². The van der Waals surface area contributed by atoms with E-state index in [1.165, 1.54) is 6.92 Å². The van der Waals surface area contributed by atoms with Gasteiger partial charge in [0.1, 0.15) is 0 Å². The molecule has 0 saturated carbocycles. The van der Waals surface area contributed by atoms with Gasteiger partial charge in [0, 0.05) is 12.5 Å². The minimum Gasteiger partial charge on any atom is -0.490 e. The minimum absolute atomic E-state index is 0.139.